The van der Waals surface area contributed by atoms with Gasteiger partial charge in [-0.2, -0.15) is 0 Å². The Morgan fingerprint density at radius 2 is 1.97 bits per heavy atom. The molecule has 0 aliphatic heterocycles. The second-order valence-electron chi connectivity index (χ2n) is 5.76. The van der Waals surface area contributed by atoms with Crippen LogP contribution >= 0.6 is 23.1 Å². The van der Waals surface area contributed by atoms with E-state index in [-0.39, 0.29) is 10.6 Å². The van der Waals surface area contributed by atoms with Crippen molar-refractivity contribution in [2.45, 2.75) is 9.50 Å². The summed E-state index contributed by atoms with van der Waals surface area (Å²) in [6, 6.07) is 14.3. The van der Waals surface area contributed by atoms with Crippen LogP contribution in [0.25, 0.3) is 17.1 Å². The quantitative estimate of drug-likeness (QED) is 0.477. The number of methoxy groups -OCH3 is 1. The minimum absolute atomic E-state index is 0.0364. The Kier molecular flexibility index (Phi) is 5.19. The van der Waals surface area contributed by atoms with Gasteiger partial charge in [0, 0.05) is 5.69 Å². The summed E-state index contributed by atoms with van der Waals surface area (Å²) in [5.74, 6) is 0.000892. The summed E-state index contributed by atoms with van der Waals surface area (Å²) >= 11 is 2.25. The van der Waals surface area contributed by atoms with Gasteiger partial charge in [-0.1, -0.05) is 18.2 Å². The second kappa shape index (κ2) is 7.94. The van der Waals surface area contributed by atoms with E-state index in [0.29, 0.717) is 26.6 Å². The summed E-state index contributed by atoms with van der Waals surface area (Å²) in [4.78, 5) is 15.4. The first kappa shape index (κ1) is 19.0. The molecule has 0 radical (unpaired) electrons. The molecule has 4 rings (SSSR count). The summed E-state index contributed by atoms with van der Waals surface area (Å²) in [6.07, 6.45) is 1.31. The highest BCUT2D eigenvalue weighted by Crippen LogP contribution is 2.37. The van der Waals surface area contributed by atoms with E-state index in [4.69, 9.17) is 9.84 Å². The van der Waals surface area contributed by atoms with Crippen molar-refractivity contribution in [2.75, 3.05) is 7.11 Å². The average molecular weight is 426 g/mol. The maximum absolute atomic E-state index is 11.1. The molecule has 0 saturated carbocycles. The number of carbonyl (C=O) groups is 1. The number of ether oxygens (including phenoxy) is 1. The maximum atomic E-state index is 11.1. The first-order valence-electron chi connectivity index (χ1n) is 8.32. The van der Waals surface area contributed by atoms with Gasteiger partial charge in [0.05, 0.1) is 18.9 Å². The zero-order valence-electron chi connectivity index (χ0n) is 15.0. The largest absolute Gasteiger partial charge is 0.507 e. The molecule has 29 heavy (non-hydrogen) atoms. The molecule has 0 spiro atoms. The topological polar surface area (TPSA) is 110 Å². The zero-order valence-corrected chi connectivity index (χ0v) is 16.6. The number of carboxylic acids is 1. The lowest BCUT2D eigenvalue weighted by Crippen LogP contribution is -1.99. The van der Waals surface area contributed by atoms with E-state index in [2.05, 4.69) is 15.2 Å². The molecule has 2 aromatic carbocycles. The highest BCUT2D eigenvalue weighted by Gasteiger charge is 2.21. The van der Waals surface area contributed by atoms with E-state index >= 15 is 0 Å². The van der Waals surface area contributed by atoms with Gasteiger partial charge in [-0.3, -0.25) is 4.57 Å². The van der Waals surface area contributed by atoms with Crippen LogP contribution in [-0.4, -0.2) is 43.0 Å². The molecular weight excluding hydrogens is 412 g/mol. The lowest BCUT2D eigenvalue weighted by Gasteiger charge is -2.11. The number of carboxylic acid groups (broad SMARTS) is 1. The average Bonchev–Trinajstić information content (AvgIpc) is 3.37. The third-order valence-electron chi connectivity index (χ3n) is 3.97. The predicted molar refractivity (Wildman–Crippen MR) is 108 cm³/mol. The Morgan fingerprint density at radius 1 is 1.17 bits per heavy atom. The van der Waals surface area contributed by atoms with Crippen molar-refractivity contribution < 1.29 is 19.7 Å². The van der Waals surface area contributed by atoms with Gasteiger partial charge in [-0.25, -0.2) is 9.78 Å². The number of aromatic carboxylic acids is 1. The first-order valence-corrected chi connectivity index (χ1v) is 9.95. The molecule has 0 amide bonds. The molecule has 2 heterocycles. The molecule has 146 valence electrons. The second-order valence-corrected chi connectivity index (χ2v) is 8.00. The van der Waals surface area contributed by atoms with Crippen LogP contribution in [0.1, 0.15) is 9.67 Å². The summed E-state index contributed by atoms with van der Waals surface area (Å²) in [6.45, 7) is 0. The lowest BCUT2D eigenvalue weighted by molar-refractivity contribution is 0.0702. The Hall–Kier alpha value is -3.37. The highest BCUT2D eigenvalue weighted by molar-refractivity contribution is 8.00. The van der Waals surface area contributed by atoms with Crippen LogP contribution in [0.4, 0.5) is 0 Å². The summed E-state index contributed by atoms with van der Waals surface area (Å²) < 4.78 is 7.57. The molecule has 4 aromatic rings. The van der Waals surface area contributed by atoms with Crippen LogP contribution in [0.3, 0.4) is 0 Å². The number of thiazole rings is 1. The van der Waals surface area contributed by atoms with E-state index < -0.39 is 5.97 Å². The normalized spacial score (nSPS) is 10.8. The Bertz CT molecular complexity index is 1170. The number of phenolic OH excluding ortho intramolecular Hbond substituents is 1. The first-order chi connectivity index (χ1) is 14.1. The molecule has 8 nitrogen and oxygen atoms in total. The van der Waals surface area contributed by atoms with Gasteiger partial charge in [0.25, 0.3) is 0 Å². The van der Waals surface area contributed by atoms with Gasteiger partial charge in [0.2, 0.25) is 5.16 Å². The standard InChI is InChI=1S/C19H14N4O4S2/c1-27-12-7-8-14(24)13(9-12)16-21-22-18(23(16)11-5-3-2-4-6-11)29-19-20-10-15(28-19)17(25)26/h2-10,24H,1H3,(H,25,26). The highest BCUT2D eigenvalue weighted by atomic mass is 32.2. The van der Waals surface area contributed by atoms with E-state index in [9.17, 15) is 9.90 Å². The number of para-hydroxylation sites is 1. The van der Waals surface area contributed by atoms with Crippen molar-refractivity contribution in [3.63, 3.8) is 0 Å². The van der Waals surface area contributed by atoms with Crippen molar-refractivity contribution in [2.24, 2.45) is 0 Å². The third-order valence-corrected chi connectivity index (χ3v) is 5.97. The van der Waals surface area contributed by atoms with Gasteiger partial charge in [-0.05, 0) is 42.1 Å². The smallest absolute Gasteiger partial charge is 0.347 e. The zero-order chi connectivity index (χ0) is 20.4. The van der Waals surface area contributed by atoms with Crippen LogP contribution < -0.4 is 4.74 Å². The van der Waals surface area contributed by atoms with Gasteiger partial charge in [-0.15, -0.1) is 21.5 Å². The van der Waals surface area contributed by atoms with E-state index in [1.54, 1.807) is 23.8 Å². The minimum atomic E-state index is -1.03. The third kappa shape index (κ3) is 3.80. The molecule has 0 aliphatic carbocycles. The number of phenols is 1. The maximum Gasteiger partial charge on any atom is 0.347 e. The predicted octanol–water partition coefficient (Wildman–Crippen LogP) is 3.95. The van der Waals surface area contributed by atoms with Gasteiger partial charge in [0.15, 0.2) is 10.2 Å². The number of nitrogens with zero attached hydrogens (tertiary/aromatic N) is 4. The van der Waals surface area contributed by atoms with Gasteiger partial charge >= 0.3 is 5.97 Å². The van der Waals surface area contributed by atoms with Gasteiger partial charge in [0.1, 0.15) is 16.4 Å². The van der Waals surface area contributed by atoms with Crippen molar-refractivity contribution in [3.8, 4) is 28.6 Å². The SMILES string of the molecule is COc1ccc(O)c(-c2nnc(Sc3ncc(C(=O)O)s3)n2-c2ccccc2)c1. The van der Waals surface area contributed by atoms with Crippen LogP contribution in [0.2, 0.25) is 0 Å². The van der Waals surface area contributed by atoms with Crippen molar-refractivity contribution in [3.05, 3.63) is 59.6 Å². The molecule has 0 aliphatic rings. The molecular formula is C19H14N4O4S2. The molecule has 2 aromatic heterocycles. The van der Waals surface area contributed by atoms with Crippen molar-refractivity contribution in [1.82, 2.24) is 19.7 Å². The molecule has 10 heteroatoms. The summed E-state index contributed by atoms with van der Waals surface area (Å²) in [5.41, 5.74) is 1.24. The van der Waals surface area contributed by atoms with Crippen LogP contribution in [0, 0.1) is 0 Å². The van der Waals surface area contributed by atoms with E-state index in [1.165, 1.54) is 24.0 Å². The summed E-state index contributed by atoms with van der Waals surface area (Å²) in [5, 5.41) is 28.5. The van der Waals surface area contributed by atoms with E-state index in [0.717, 1.165) is 17.0 Å². The Labute approximate surface area is 173 Å². The molecule has 0 unspecified atom stereocenters. The molecule has 0 fully saturated rings. The number of hydrogen-bond acceptors (Lipinski definition) is 8. The number of aromatic nitrogens is 4. The molecule has 2 N–H and O–H groups in total. The van der Waals surface area contributed by atoms with Crippen LogP contribution in [-0.2, 0) is 0 Å². The Morgan fingerprint density at radius 3 is 2.66 bits per heavy atom. The number of benzene rings is 2. The molecule has 0 bridgehead atoms. The minimum Gasteiger partial charge on any atom is -0.507 e. The number of hydrogen-bond donors (Lipinski definition) is 2. The van der Waals surface area contributed by atoms with Crippen LogP contribution in [0.5, 0.6) is 11.5 Å². The molecule has 0 atom stereocenters. The van der Waals surface area contributed by atoms with E-state index in [1.807, 2.05) is 30.3 Å². The lowest BCUT2D eigenvalue weighted by atomic mass is 10.1. The number of rotatable bonds is 6. The number of aromatic hydroxyl groups is 1. The monoisotopic (exact) mass is 426 g/mol. The summed E-state index contributed by atoms with van der Waals surface area (Å²) in [7, 11) is 1.54. The van der Waals surface area contributed by atoms with Crippen LogP contribution in [0.15, 0.2) is 64.2 Å². The van der Waals surface area contributed by atoms with Gasteiger partial charge < -0.3 is 14.9 Å². The Balaban J connectivity index is 1.84. The van der Waals surface area contributed by atoms with Crippen molar-refractivity contribution >= 4 is 29.1 Å². The molecule has 0 saturated heterocycles. The van der Waals surface area contributed by atoms with Crippen molar-refractivity contribution in [1.29, 1.82) is 0 Å². The fourth-order valence-corrected chi connectivity index (χ4v) is 4.40. The fourth-order valence-electron chi connectivity index (χ4n) is 2.62. The fraction of sp³-hybridized carbons (Fsp3) is 0.0526.